The Morgan fingerprint density at radius 1 is 1.50 bits per heavy atom. The molecular formula is C14H17Cl2N5O2S. The average Bonchev–Trinajstić information content (AvgIpc) is 2.88. The highest BCUT2D eigenvalue weighted by atomic mass is 35.5. The minimum atomic E-state index is -0.492. The fourth-order valence-corrected chi connectivity index (χ4v) is 3.15. The van der Waals surface area contributed by atoms with Gasteiger partial charge in [0.15, 0.2) is 11.0 Å². The molecule has 0 saturated carbocycles. The molecule has 24 heavy (non-hydrogen) atoms. The highest BCUT2D eigenvalue weighted by Crippen LogP contribution is 2.25. The van der Waals surface area contributed by atoms with Crippen LogP contribution in [0.25, 0.3) is 0 Å². The normalized spacial score (nSPS) is 12.2. The molecule has 0 unspecified atom stereocenters. The number of anilines is 1. The van der Waals surface area contributed by atoms with Gasteiger partial charge < -0.3 is 5.32 Å². The molecule has 1 amide bonds. The third kappa shape index (κ3) is 4.75. The number of rotatable bonds is 7. The number of aromatic nitrogens is 4. The van der Waals surface area contributed by atoms with Gasteiger partial charge in [-0.1, -0.05) is 48.3 Å². The summed E-state index contributed by atoms with van der Waals surface area (Å²) in [6, 6.07) is 1.50. The third-order valence-electron chi connectivity index (χ3n) is 3.16. The molecule has 0 bridgehead atoms. The predicted molar refractivity (Wildman–Crippen MR) is 96.0 cm³/mol. The maximum atomic E-state index is 12.3. The summed E-state index contributed by atoms with van der Waals surface area (Å²) in [7, 11) is 0. The lowest BCUT2D eigenvalue weighted by molar-refractivity contribution is -0.115. The molecule has 2 rings (SSSR count). The Balaban J connectivity index is 2.05. The van der Waals surface area contributed by atoms with Crippen LogP contribution in [-0.2, 0) is 11.3 Å². The zero-order valence-corrected chi connectivity index (χ0v) is 15.5. The molecule has 130 valence electrons. The van der Waals surface area contributed by atoms with E-state index in [1.807, 2.05) is 6.92 Å². The largest absolute Gasteiger partial charge is 0.343 e. The zero-order chi connectivity index (χ0) is 17.7. The van der Waals surface area contributed by atoms with Gasteiger partial charge in [0, 0.05) is 12.7 Å². The second kappa shape index (κ2) is 8.55. The first-order chi connectivity index (χ1) is 11.4. The predicted octanol–water partition coefficient (Wildman–Crippen LogP) is 3.19. The smallest absolute Gasteiger partial charge is 0.308 e. The van der Waals surface area contributed by atoms with Gasteiger partial charge >= 0.3 is 5.69 Å². The van der Waals surface area contributed by atoms with Crippen LogP contribution in [0.2, 0.25) is 10.0 Å². The summed E-state index contributed by atoms with van der Waals surface area (Å²) in [5, 5.41) is 9.66. The quantitative estimate of drug-likeness (QED) is 0.709. The molecule has 0 radical (unpaired) electrons. The van der Waals surface area contributed by atoms with E-state index in [0.717, 1.165) is 12.8 Å². The number of hydrogen-bond acceptors (Lipinski definition) is 5. The fourth-order valence-electron chi connectivity index (χ4n) is 1.84. The number of pyridine rings is 1. The van der Waals surface area contributed by atoms with Gasteiger partial charge in [0.1, 0.15) is 0 Å². The average molecular weight is 390 g/mol. The molecule has 0 aromatic carbocycles. The first kappa shape index (κ1) is 18.8. The van der Waals surface area contributed by atoms with Crippen molar-refractivity contribution in [2.45, 2.75) is 43.6 Å². The van der Waals surface area contributed by atoms with E-state index in [2.05, 4.69) is 20.5 Å². The van der Waals surface area contributed by atoms with Crippen LogP contribution in [-0.4, -0.2) is 30.9 Å². The SMILES string of the molecule is CCCCn1c(S[C@H](C)C(=O)Nc2ncc(Cl)cc2Cl)n[nH]c1=O. The monoisotopic (exact) mass is 389 g/mol. The van der Waals surface area contributed by atoms with Crippen LogP contribution in [0, 0.1) is 0 Å². The summed E-state index contributed by atoms with van der Waals surface area (Å²) < 4.78 is 1.53. The second-order valence-electron chi connectivity index (χ2n) is 5.05. The molecule has 0 aliphatic rings. The Morgan fingerprint density at radius 3 is 2.92 bits per heavy atom. The van der Waals surface area contributed by atoms with Crippen LogP contribution in [0.4, 0.5) is 5.82 Å². The van der Waals surface area contributed by atoms with Crippen molar-refractivity contribution in [3.63, 3.8) is 0 Å². The lowest BCUT2D eigenvalue weighted by atomic mass is 10.3. The van der Waals surface area contributed by atoms with Gasteiger partial charge in [-0.05, 0) is 19.4 Å². The van der Waals surface area contributed by atoms with Gasteiger partial charge in [0.05, 0.1) is 15.3 Å². The molecule has 0 aliphatic heterocycles. The molecule has 1 atom stereocenters. The summed E-state index contributed by atoms with van der Waals surface area (Å²) in [6.45, 7) is 4.32. The second-order valence-corrected chi connectivity index (χ2v) is 7.20. The number of halogens is 2. The number of aromatic amines is 1. The van der Waals surface area contributed by atoms with Gasteiger partial charge in [-0.2, -0.15) is 0 Å². The van der Waals surface area contributed by atoms with Gasteiger partial charge in [0.25, 0.3) is 0 Å². The number of H-pyrrole nitrogens is 1. The minimum absolute atomic E-state index is 0.240. The van der Waals surface area contributed by atoms with Crippen LogP contribution in [0.1, 0.15) is 26.7 Å². The molecule has 2 N–H and O–H groups in total. The Morgan fingerprint density at radius 2 is 2.25 bits per heavy atom. The first-order valence-corrected chi connectivity index (χ1v) is 8.99. The lowest BCUT2D eigenvalue weighted by Crippen LogP contribution is -2.24. The van der Waals surface area contributed by atoms with Crippen molar-refractivity contribution in [3.05, 3.63) is 32.8 Å². The Bertz CT molecular complexity index is 777. The van der Waals surface area contributed by atoms with E-state index < -0.39 is 5.25 Å². The number of carbonyl (C=O) groups excluding carboxylic acids is 1. The van der Waals surface area contributed by atoms with Crippen molar-refractivity contribution in [1.82, 2.24) is 19.7 Å². The maximum absolute atomic E-state index is 12.3. The van der Waals surface area contributed by atoms with Crippen molar-refractivity contribution < 1.29 is 4.79 Å². The van der Waals surface area contributed by atoms with Crippen LogP contribution in [0.15, 0.2) is 22.2 Å². The van der Waals surface area contributed by atoms with Gasteiger partial charge in [-0.3, -0.25) is 9.36 Å². The van der Waals surface area contributed by atoms with Crippen molar-refractivity contribution in [1.29, 1.82) is 0 Å². The molecule has 0 saturated heterocycles. The van der Waals surface area contributed by atoms with Gasteiger partial charge in [-0.15, -0.1) is 5.10 Å². The summed E-state index contributed by atoms with van der Waals surface area (Å²) >= 11 is 13.0. The van der Waals surface area contributed by atoms with Crippen molar-refractivity contribution in [2.75, 3.05) is 5.32 Å². The first-order valence-electron chi connectivity index (χ1n) is 7.36. The standard InChI is InChI=1S/C14H17Cl2N5O2S/c1-3-4-5-21-13(23)19-20-14(21)24-8(2)12(22)18-11-10(16)6-9(15)7-17-11/h6-8H,3-5H2,1-2H3,(H,19,23)(H,17,18,22)/t8-/m1/s1. The summed E-state index contributed by atoms with van der Waals surface area (Å²) in [5.74, 6) is -0.0573. The zero-order valence-electron chi connectivity index (χ0n) is 13.2. The highest BCUT2D eigenvalue weighted by Gasteiger charge is 2.20. The maximum Gasteiger partial charge on any atom is 0.343 e. The number of amides is 1. The number of carbonyl (C=O) groups is 1. The molecule has 10 heteroatoms. The van der Waals surface area contributed by atoms with Crippen molar-refractivity contribution in [3.8, 4) is 0 Å². The molecule has 0 aliphatic carbocycles. The molecule has 2 heterocycles. The highest BCUT2D eigenvalue weighted by molar-refractivity contribution is 8.00. The van der Waals surface area contributed by atoms with Crippen molar-refractivity contribution in [2.24, 2.45) is 0 Å². The number of thioether (sulfide) groups is 1. The van der Waals surface area contributed by atoms with E-state index in [1.165, 1.54) is 28.6 Å². The van der Waals surface area contributed by atoms with E-state index >= 15 is 0 Å². The fraction of sp³-hybridized carbons (Fsp3) is 0.429. The van der Waals surface area contributed by atoms with Gasteiger partial charge in [0.2, 0.25) is 5.91 Å². The molecule has 2 aromatic heterocycles. The van der Waals surface area contributed by atoms with Crippen LogP contribution in [0.3, 0.4) is 0 Å². The van der Waals surface area contributed by atoms with Crippen LogP contribution in [0.5, 0.6) is 0 Å². The molecule has 0 spiro atoms. The van der Waals surface area contributed by atoms with Gasteiger partial charge in [-0.25, -0.2) is 14.9 Å². The summed E-state index contributed by atoms with van der Waals surface area (Å²) in [4.78, 5) is 28.0. The Kier molecular flexibility index (Phi) is 6.70. The number of unbranched alkanes of at least 4 members (excludes halogenated alkanes) is 1. The van der Waals surface area contributed by atoms with E-state index in [-0.39, 0.29) is 22.4 Å². The van der Waals surface area contributed by atoms with Crippen LogP contribution >= 0.6 is 35.0 Å². The molecular weight excluding hydrogens is 373 g/mol. The van der Waals surface area contributed by atoms with E-state index in [0.29, 0.717) is 16.7 Å². The van der Waals surface area contributed by atoms with E-state index in [1.54, 1.807) is 6.92 Å². The summed E-state index contributed by atoms with van der Waals surface area (Å²) in [6.07, 6.45) is 3.22. The lowest BCUT2D eigenvalue weighted by Gasteiger charge is -2.12. The Labute approximate surface area is 153 Å². The Hall–Kier alpha value is -1.51. The van der Waals surface area contributed by atoms with Crippen molar-refractivity contribution >= 4 is 46.7 Å². The molecule has 0 fully saturated rings. The topological polar surface area (TPSA) is 92.7 Å². The van der Waals surface area contributed by atoms with E-state index in [4.69, 9.17) is 23.2 Å². The van der Waals surface area contributed by atoms with E-state index in [9.17, 15) is 9.59 Å². The molecule has 2 aromatic rings. The third-order valence-corrected chi connectivity index (χ3v) is 4.74. The number of hydrogen-bond donors (Lipinski definition) is 2. The van der Waals surface area contributed by atoms with Crippen LogP contribution < -0.4 is 11.0 Å². The number of nitrogens with zero attached hydrogens (tertiary/aromatic N) is 3. The summed E-state index contributed by atoms with van der Waals surface area (Å²) in [5.41, 5.74) is -0.277. The minimum Gasteiger partial charge on any atom is -0.308 e. The number of nitrogens with one attached hydrogen (secondary N) is 2. The molecule has 7 nitrogen and oxygen atoms in total.